The number of benzene rings is 2. The number of carbonyl (C=O) groups excluding carboxylic acids is 3. The zero-order chi connectivity index (χ0) is 40.7. The fourth-order valence-electron chi connectivity index (χ4n) is 7.15. The molecule has 3 heterocycles. The Morgan fingerprint density at radius 1 is 0.982 bits per heavy atom. The fourth-order valence-corrected chi connectivity index (χ4v) is 7.15. The zero-order valence-electron chi connectivity index (χ0n) is 32.5. The van der Waals surface area contributed by atoms with Gasteiger partial charge in [0, 0.05) is 62.5 Å². The van der Waals surface area contributed by atoms with Crippen LogP contribution in [0.3, 0.4) is 0 Å². The van der Waals surface area contributed by atoms with Crippen LogP contribution in [-0.2, 0) is 20.7 Å². The first kappa shape index (κ1) is 40.5. The number of hydrogen-bond acceptors (Lipinski definition) is 10. The maximum Gasteiger partial charge on any atom is 0.407 e. The Labute approximate surface area is 330 Å². The van der Waals surface area contributed by atoms with Crippen molar-refractivity contribution in [2.24, 2.45) is 11.8 Å². The molecule has 6 rings (SSSR count). The van der Waals surface area contributed by atoms with Gasteiger partial charge in [0.25, 0.3) is 0 Å². The molecule has 57 heavy (non-hydrogen) atoms. The minimum absolute atomic E-state index is 0.0762. The SMILES string of the molecule is Cc1cc(N2CCN(C(=O)O)CC2)ncc1-c1ccc(C[C@H](NC(=O)C2CCC(CNC(=O)OC(C)(C)C)CC2)C(=O)Nc2ccc(-c3nn[nH]n3)c(F)c2)cc1. The van der Waals surface area contributed by atoms with E-state index in [1.165, 1.54) is 23.1 Å². The van der Waals surface area contributed by atoms with Crippen molar-refractivity contribution in [3.8, 4) is 22.5 Å². The van der Waals surface area contributed by atoms with Gasteiger partial charge < -0.3 is 35.6 Å². The number of anilines is 2. The van der Waals surface area contributed by atoms with Crippen LogP contribution in [0.4, 0.5) is 25.5 Å². The number of aromatic nitrogens is 5. The van der Waals surface area contributed by atoms with E-state index in [1.54, 1.807) is 20.8 Å². The summed E-state index contributed by atoms with van der Waals surface area (Å²) in [6.07, 6.45) is 3.26. The molecule has 1 aliphatic carbocycles. The fraction of sp³-hybridized carbons (Fsp3) is 0.450. The van der Waals surface area contributed by atoms with Crippen molar-refractivity contribution in [2.45, 2.75) is 71.4 Å². The number of aryl methyl sites for hydroxylation is 1. The molecule has 2 aliphatic rings. The standard InChI is InChI=1S/C40H49FN10O6/c1-24-19-34(50-15-17-51(18-16-50)39(55)56)42-23-31(24)27-9-5-25(6-10-27)20-33(37(53)44-29-13-14-30(32(41)21-29)35-46-48-49-47-35)45-36(52)28-11-7-26(8-12-28)22-43-38(54)57-40(2,3)4/h5-6,9-10,13-14,19,21,23,26,28,33H,7-8,11-12,15-18,20,22H2,1-4H3,(H,43,54)(H,44,53)(H,45,52)(H,55,56)(H,46,47,48,49)/t26?,28?,33-/m0/s1. The minimum Gasteiger partial charge on any atom is -0.465 e. The number of hydrogen-bond donors (Lipinski definition) is 5. The molecule has 1 saturated carbocycles. The van der Waals surface area contributed by atoms with Crippen LogP contribution in [0.25, 0.3) is 22.5 Å². The number of aromatic amines is 1. The Bertz CT molecular complexity index is 2040. The predicted molar refractivity (Wildman–Crippen MR) is 210 cm³/mol. The summed E-state index contributed by atoms with van der Waals surface area (Å²) in [7, 11) is 0. The van der Waals surface area contributed by atoms with Crippen LogP contribution in [0, 0.1) is 24.6 Å². The highest BCUT2D eigenvalue weighted by atomic mass is 19.1. The first-order chi connectivity index (χ1) is 27.2. The van der Waals surface area contributed by atoms with E-state index in [0.717, 1.165) is 40.9 Å². The summed E-state index contributed by atoms with van der Waals surface area (Å²) in [4.78, 5) is 59.1. The van der Waals surface area contributed by atoms with Crippen LogP contribution in [0.2, 0.25) is 0 Å². The smallest absolute Gasteiger partial charge is 0.407 e. The molecule has 5 N–H and O–H groups in total. The number of carbonyl (C=O) groups is 4. The van der Waals surface area contributed by atoms with Crippen LogP contribution in [0.1, 0.15) is 57.6 Å². The number of alkyl carbamates (subject to hydrolysis) is 1. The molecule has 2 aromatic heterocycles. The first-order valence-electron chi connectivity index (χ1n) is 19.1. The molecule has 302 valence electrons. The van der Waals surface area contributed by atoms with E-state index in [1.807, 2.05) is 43.5 Å². The van der Waals surface area contributed by atoms with Gasteiger partial charge in [-0.25, -0.2) is 19.0 Å². The van der Waals surface area contributed by atoms with E-state index < -0.39 is 35.6 Å². The Hall–Kier alpha value is -6.13. The van der Waals surface area contributed by atoms with E-state index >= 15 is 4.39 Å². The van der Waals surface area contributed by atoms with Crippen LogP contribution < -0.4 is 20.9 Å². The lowest BCUT2D eigenvalue weighted by molar-refractivity contribution is -0.130. The number of nitrogens with one attached hydrogen (secondary N) is 4. The van der Waals surface area contributed by atoms with Crippen molar-refractivity contribution < 1.29 is 33.4 Å². The lowest BCUT2D eigenvalue weighted by Crippen LogP contribution is -2.48. The Balaban J connectivity index is 1.12. The molecular weight excluding hydrogens is 736 g/mol. The number of amides is 4. The molecule has 16 nitrogen and oxygen atoms in total. The maximum atomic E-state index is 15.0. The Morgan fingerprint density at radius 2 is 1.70 bits per heavy atom. The first-order valence-corrected chi connectivity index (χ1v) is 19.1. The molecule has 1 aliphatic heterocycles. The molecule has 4 amide bonds. The second-order valence-corrected chi connectivity index (χ2v) is 15.6. The molecule has 0 bridgehead atoms. The number of halogens is 1. The molecule has 0 spiro atoms. The molecule has 17 heteroatoms. The second-order valence-electron chi connectivity index (χ2n) is 15.6. The molecule has 2 aromatic carbocycles. The third kappa shape index (κ3) is 10.8. The van der Waals surface area contributed by atoms with Crippen molar-refractivity contribution in [3.05, 3.63) is 71.7 Å². The predicted octanol–water partition coefficient (Wildman–Crippen LogP) is 5.17. The van der Waals surface area contributed by atoms with E-state index in [4.69, 9.17) is 4.74 Å². The monoisotopic (exact) mass is 784 g/mol. The van der Waals surface area contributed by atoms with Crippen molar-refractivity contribution in [1.29, 1.82) is 0 Å². The van der Waals surface area contributed by atoms with E-state index in [9.17, 15) is 24.3 Å². The van der Waals surface area contributed by atoms with Gasteiger partial charge in [0.15, 0.2) is 0 Å². The Morgan fingerprint density at radius 3 is 2.32 bits per heavy atom. The number of H-pyrrole nitrogens is 1. The van der Waals surface area contributed by atoms with Gasteiger partial charge in [-0.15, -0.1) is 10.2 Å². The van der Waals surface area contributed by atoms with Gasteiger partial charge in [-0.05, 0) is 105 Å². The summed E-state index contributed by atoms with van der Waals surface area (Å²) in [6, 6.07) is 12.9. The van der Waals surface area contributed by atoms with E-state index in [-0.39, 0.29) is 41.2 Å². The summed E-state index contributed by atoms with van der Waals surface area (Å²) < 4.78 is 20.4. The van der Waals surface area contributed by atoms with E-state index in [0.29, 0.717) is 45.6 Å². The lowest BCUT2D eigenvalue weighted by atomic mass is 9.81. The largest absolute Gasteiger partial charge is 0.465 e. The third-order valence-electron chi connectivity index (χ3n) is 10.3. The molecular formula is C40H49FN10O6. The number of piperazine rings is 1. The molecule has 1 saturated heterocycles. The van der Waals surface area contributed by atoms with Crippen LogP contribution >= 0.6 is 0 Å². The van der Waals surface area contributed by atoms with Gasteiger partial charge in [-0.2, -0.15) is 5.21 Å². The van der Waals surface area contributed by atoms with Crippen molar-refractivity contribution in [1.82, 2.24) is 41.1 Å². The highest BCUT2D eigenvalue weighted by molar-refractivity contribution is 5.98. The van der Waals surface area contributed by atoms with Gasteiger partial charge in [-0.1, -0.05) is 24.3 Å². The lowest BCUT2D eigenvalue weighted by Gasteiger charge is -2.34. The van der Waals surface area contributed by atoms with Gasteiger partial charge in [0.2, 0.25) is 17.6 Å². The molecule has 2 fully saturated rings. The molecule has 0 unspecified atom stereocenters. The minimum atomic E-state index is -0.973. The number of rotatable bonds is 11. The summed E-state index contributed by atoms with van der Waals surface area (Å²) in [5, 5.41) is 31.2. The topological polar surface area (TPSA) is 208 Å². The molecule has 0 radical (unpaired) electrons. The quantitative estimate of drug-likeness (QED) is 0.134. The van der Waals surface area contributed by atoms with Gasteiger partial charge >= 0.3 is 12.2 Å². The average molecular weight is 785 g/mol. The van der Waals surface area contributed by atoms with E-state index in [2.05, 4.69) is 46.5 Å². The second kappa shape index (κ2) is 17.8. The number of ether oxygens (including phenoxy) is 1. The third-order valence-corrected chi connectivity index (χ3v) is 10.3. The van der Waals surface area contributed by atoms with Crippen LogP contribution in [0.15, 0.2) is 54.7 Å². The summed E-state index contributed by atoms with van der Waals surface area (Å²) in [5.41, 5.74) is 3.38. The van der Waals surface area contributed by atoms with Crippen LogP contribution in [0.5, 0.6) is 0 Å². The Kier molecular flexibility index (Phi) is 12.6. The van der Waals surface area contributed by atoms with Gasteiger partial charge in [0.1, 0.15) is 23.3 Å². The van der Waals surface area contributed by atoms with Crippen molar-refractivity contribution in [2.75, 3.05) is 42.9 Å². The maximum absolute atomic E-state index is 15.0. The summed E-state index contributed by atoms with van der Waals surface area (Å²) in [6.45, 7) is 9.84. The molecule has 1 atom stereocenters. The van der Waals surface area contributed by atoms with Gasteiger partial charge in [0.05, 0.1) is 5.56 Å². The summed E-state index contributed by atoms with van der Waals surface area (Å²) in [5.74, 6) is -0.642. The number of carboxylic acid groups (broad SMARTS) is 1. The van der Waals surface area contributed by atoms with Gasteiger partial charge in [-0.3, -0.25) is 9.59 Å². The number of tetrazole rings is 1. The zero-order valence-corrected chi connectivity index (χ0v) is 32.5. The molecule has 4 aromatic rings. The number of pyridine rings is 1. The van der Waals surface area contributed by atoms with Crippen molar-refractivity contribution in [3.63, 3.8) is 0 Å². The normalized spacial score (nSPS) is 17.7. The average Bonchev–Trinajstić information content (AvgIpc) is 3.72. The van der Waals surface area contributed by atoms with Crippen LogP contribution in [-0.4, -0.2) is 104 Å². The highest BCUT2D eigenvalue weighted by Gasteiger charge is 2.31. The number of nitrogens with zero attached hydrogens (tertiary/aromatic N) is 6. The van der Waals surface area contributed by atoms with Crippen molar-refractivity contribution >= 4 is 35.5 Å². The highest BCUT2D eigenvalue weighted by Crippen LogP contribution is 2.30. The summed E-state index contributed by atoms with van der Waals surface area (Å²) >= 11 is 0.